The van der Waals surface area contributed by atoms with Gasteiger partial charge < -0.3 is 0 Å². The molecule has 0 aromatic rings. The molecule has 0 unspecified atom stereocenters. The molecule has 0 saturated heterocycles. The van der Waals surface area contributed by atoms with Crippen LogP contribution in [-0.2, 0) is 0 Å². The highest BCUT2D eigenvalue weighted by Gasteiger charge is 1.96. The third kappa shape index (κ3) is 4.50. The van der Waals surface area contributed by atoms with Crippen LogP contribution in [0.3, 0.4) is 0 Å². The Balaban J connectivity index is 0.000000112. The van der Waals surface area contributed by atoms with Gasteiger partial charge in [0.25, 0.3) is 0 Å². The summed E-state index contributed by atoms with van der Waals surface area (Å²) in [4.78, 5) is 0. The average Bonchev–Trinajstić information content (AvgIpc) is 2.57. The molecule has 2 rings (SSSR count). The summed E-state index contributed by atoms with van der Waals surface area (Å²) < 4.78 is 6.04. The van der Waals surface area contributed by atoms with Gasteiger partial charge in [0.1, 0.15) is 0 Å². The van der Waals surface area contributed by atoms with Crippen molar-refractivity contribution in [2.45, 2.75) is 6.42 Å². The maximum absolute atomic E-state index is 3.88. The van der Waals surface area contributed by atoms with Crippen molar-refractivity contribution < 1.29 is 0 Å². The maximum Gasteiger partial charge on any atom is 0.0278 e. The maximum atomic E-state index is 3.88. The van der Waals surface area contributed by atoms with Gasteiger partial charge in [0, 0.05) is 18.5 Å². The summed E-state index contributed by atoms with van der Waals surface area (Å²) in [5.41, 5.74) is 0. The first-order valence-electron chi connectivity index (χ1n) is 3.56. The quantitative estimate of drug-likeness (QED) is 0.542. The SMILES string of the molecule is C1=NSCC1.CN1CC=CS1. The van der Waals surface area contributed by atoms with Crippen LogP contribution < -0.4 is 0 Å². The van der Waals surface area contributed by atoms with Crippen molar-refractivity contribution in [3.8, 4) is 0 Å². The highest BCUT2D eigenvalue weighted by Crippen LogP contribution is 2.13. The Bertz CT molecular complexity index is 143. The normalized spacial score (nSPS) is 21.9. The highest BCUT2D eigenvalue weighted by atomic mass is 32.2. The van der Waals surface area contributed by atoms with Crippen LogP contribution in [0, 0.1) is 0 Å². The van der Waals surface area contributed by atoms with Crippen molar-refractivity contribution in [1.29, 1.82) is 0 Å². The number of hydrogen-bond donors (Lipinski definition) is 0. The van der Waals surface area contributed by atoms with Crippen LogP contribution in [0.25, 0.3) is 0 Å². The monoisotopic (exact) mass is 188 g/mol. The summed E-state index contributed by atoms with van der Waals surface area (Å²) in [6.07, 6.45) is 5.26. The fourth-order valence-corrected chi connectivity index (χ4v) is 1.72. The van der Waals surface area contributed by atoms with Gasteiger partial charge >= 0.3 is 0 Å². The zero-order valence-electron chi connectivity index (χ0n) is 6.56. The summed E-state index contributed by atoms with van der Waals surface area (Å²) in [6.45, 7) is 1.10. The van der Waals surface area contributed by atoms with Gasteiger partial charge in [-0.05, 0) is 30.8 Å². The molecular formula is C7H12N2S2. The van der Waals surface area contributed by atoms with E-state index in [0.29, 0.717) is 0 Å². The molecule has 62 valence electrons. The minimum atomic E-state index is 1.10. The zero-order chi connectivity index (χ0) is 7.94. The summed E-state index contributed by atoms with van der Waals surface area (Å²) in [5.74, 6) is 1.19. The number of hydrogen-bond acceptors (Lipinski definition) is 4. The molecule has 0 aliphatic carbocycles. The Labute approximate surface area is 76.4 Å². The van der Waals surface area contributed by atoms with Gasteiger partial charge in [-0.15, -0.1) is 0 Å². The molecule has 0 fully saturated rings. The second-order valence-corrected chi connectivity index (χ2v) is 4.18. The van der Waals surface area contributed by atoms with E-state index in [0.717, 1.165) is 6.54 Å². The van der Waals surface area contributed by atoms with Crippen molar-refractivity contribution in [1.82, 2.24) is 4.31 Å². The van der Waals surface area contributed by atoms with Gasteiger partial charge in [0.05, 0.1) is 0 Å². The molecule has 0 bridgehead atoms. The minimum absolute atomic E-state index is 1.10. The highest BCUT2D eigenvalue weighted by molar-refractivity contribution is 8.00. The Morgan fingerprint density at radius 3 is 2.64 bits per heavy atom. The second kappa shape index (κ2) is 5.69. The van der Waals surface area contributed by atoms with Gasteiger partial charge in [-0.3, -0.25) is 0 Å². The van der Waals surface area contributed by atoms with E-state index in [9.17, 15) is 0 Å². The molecule has 2 heterocycles. The lowest BCUT2D eigenvalue weighted by molar-refractivity contribution is 0.650. The Hall–Kier alpha value is 0.0700. The van der Waals surface area contributed by atoms with E-state index in [1.54, 1.807) is 23.9 Å². The Morgan fingerprint density at radius 1 is 1.55 bits per heavy atom. The van der Waals surface area contributed by atoms with Crippen LogP contribution in [0.15, 0.2) is 15.9 Å². The van der Waals surface area contributed by atoms with Crippen molar-refractivity contribution in [2.75, 3.05) is 19.3 Å². The molecule has 0 aromatic heterocycles. The van der Waals surface area contributed by atoms with Gasteiger partial charge in [0.2, 0.25) is 0 Å². The fourth-order valence-electron chi connectivity index (χ4n) is 0.645. The molecule has 4 heteroatoms. The second-order valence-electron chi connectivity index (χ2n) is 2.20. The van der Waals surface area contributed by atoms with Crippen LogP contribution in [0.2, 0.25) is 0 Å². The van der Waals surface area contributed by atoms with E-state index >= 15 is 0 Å². The first-order chi connectivity index (χ1) is 5.39. The Kier molecular flexibility index (Phi) is 4.74. The molecule has 0 amide bonds. The minimum Gasteiger partial charge on any atom is -0.246 e. The van der Waals surface area contributed by atoms with Crippen LogP contribution in [0.4, 0.5) is 0 Å². The number of likely N-dealkylation sites (N-methyl/N-ethyl adjacent to an activating group) is 1. The van der Waals surface area contributed by atoms with Crippen molar-refractivity contribution in [2.24, 2.45) is 4.40 Å². The van der Waals surface area contributed by atoms with Crippen molar-refractivity contribution in [3.63, 3.8) is 0 Å². The molecule has 2 aliphatic rings. The van der Waals surface area contributed by atoms with Crippen LogP contribution >= 0.6 is 23.9 Å². The summed E-state index contributed by atoms with van der Waals surface area (Å²) in [7, 11) is 2.07. The first-order valence-corrected chi connectivity index (χ1v) is 5.34. The largest absolute Gasteiger partial charge is 0.246 e. The number of nitrogens with zero attached hydrogens (tertiary/aromatic N) is 2. The third-order valence-corrected chi connectivity index (χ3v) is 2.73. The molecule has 2 nitrogen and oxygen atoms in total. The topological polar surface area (TPSA) is 15.6 Å². The van der Waals surface area contributed by atoms with Gasteiger partial charge in [-0.2, -0.15) is 0 Å². The van der Waals surface area contributed by atoms with Crippen LogP contribution in [0.1, 0.15) is 6.42 Å². The van der Waals surface area contributed by atoms with Crippen LogP contribution in [-0.4, -0.2) is 29.9 Å². The molecule has 0 atom stereocenters. The molecule has 0 aromatic carbocycles. The molecule has 0 N–H and O–H groups in total. The average molecular weight is 188 g/mol. The molecule has 2 aliphatic heterocycles. The molecule has 0 saturated carbocycles. The summed E-state index contributed by atoms with van der Waals surface area (Å²) >= 11 is 3.39. The van der Waals surface area contributed by atoms with Gasteiger partial charge in [-0.25, -0.2) is 8.70 Å². The van der Waals surface area contributed by atoms with Crippen molar-refractivity contribution >= 4 is 30.1 Å². The van der Waals surface area contributed by atoms with Crippen molar-refractivity contribution in [3.05, 3.63) is 11.5 Å². The summed E-state index contributed by atoms with van der Waals surface area (Å²) in [5, 5.41) is 2.10. The third-order valence-electron chi connectivity index (χ3n) is 1.19. The molecule has 0 radical (unpaired) electrons. The molecular weight excluding hydrogens is 176 g/mol. The predicted molar refractivity (Wildman–Crippen MR) is 54.9 cm³/mol. The summed E-state index contributed by atoms with van der Waals surface area (Å²) in [6, 6.07) is 0. The zero-order valence-corrected chi connectivity index (χ0v) is 8.20. The van der Waals surface area contributed by atoms with E-state index in [1.165, 1.54) is 12.2 Å². The van der Waals surface area contributed by atoms with E-state index < -0.39 is 0 Å². The van der Waals surface area contributed by atoms with E-state index in [2.05, 4.69) is 27.2 Å². The van der Waals surface area contributed by atoms with Gasteiger partial charge in [-0.1, -0.05) is 18.0 Å². The van der Waals surface area contributed by atoms with E-state index in [4.69, 9.17) is 0 Å². The van der Waals surface area contributed by atoms with Gasteiger partial charge in [0.15, 0.2) is 0 Å². The standard InChI is InChI=1S/C4H7NS.C3H5NS/c1-5-3-2-4-6-5;1-2-4-5-3-1/h2,4H,3H2,1H3;2H,1,3H2. The smallest absolute Gasteiger partial charge is 0.0278 e. The fraction of sp³-hybridized carbons (Fsp3) is 0.571. The lowest BCUT2D eigenvalue weighted by Crippen LogP contribution is -2.01. The lowest BCUT2D eigenvalue weighted by atomic mass is 10.6. The Morgan fingerprint density at radius 2 is 2.45 bits per heavy atom. The van der Waals surface area contributed by atoms with Crippen LogP contribution in [0.5, 0.6) is 0 Å². The molecule has 11 heavy (non-hydrogen) atoms. The molecule has 0 spiro atoms. The van der Waals surface area contributed by atoms with E-state index in [1.807, 2.05) is 6.21 Å². The lowest BCUT2D eigenvalue weighted by Gasteiger charge is -1.99. The first kappa shape index (κ1) is 9.16. The predicted octanol–water partition coefficient (Wildman–Crippen LogP) is 2.20. The van der Waals surface area contributed by atoms with E-state index in [-0.39, 0.29) is 0 Å². The number of rotatable bonds is 0.